The third kappa shape index (κ3) is 3.55. The number of fused-ring (bicyclic) bond motifs is 2. The average Bonchev–Trinajstić information content (AvgIpc) is 2.71. The fourth-order valence-corrected chi connectivity index (χ4v) is 4.21. The van der Waals surface area contributed by atoms with Crippen molar-refractivity contribution in [1.82, 2.24) is 14.5 Å². The maximum Gasteiger partial charge on any atom is 0.261 e. The number of aliphatic hydroxyl groups is 1. The van der Waals surface area contributed by atoms with Gasteiger partial charge in [-0.05, 0) is 34.9 Å². The van der Waals surface area contributed by atoms with E-state index in [1.54, 1.807) is 10.9 Å². The lowest BCUT2D eigenvalue weighted by molar-refractivity contribution is 0.0437. The van der Waals surface area contributed by atoms with Crippen LogP contribution in [0.3, 0.4) is 0 Å². The van der Waals surface area contributed by atoms with Crippen LogP contribution in [-0.2, 0) is 6.42 Å². The average molecular weight is 385 g/mol. The molecule has 4 aromatic rings. The van der Waals surface area contributed by atoms with Crippen molar-refractivity contribution in [3.63, 3.8) is 0 Å². The molecule has 29 heavy (non-hydrogen) atoms. The van der Waals surface area contributed by atoms with Gasteiger partial charge in [0.05, 0.1) is 29.4 Å². The first kappa shape index (κ1) is 18.0. The van der Waals surface area contributed by atoms with E-state index in [9.17, 15) is 9.90 Å². The summed E-state index contributed by atoms with van der Waals surface area (Å²) in [5, 5.41) is 13.6. The fourth-order valence-electron chi connectivity index (χ4n) is 4.21. The predicted octanol–water partition coefficient (Wildman–Crippen LogP) is 3.01. The monoisotopic (exact) mass is 385 g/mol. The molecule has 0 saturated carbocycles. The van der Waals surface area contributed by atoms with Gasteiger partial charge in [-0.2, -0.15) is 0 Å². The Morgan fingerprint density at radius 1 is 1.00 bits per heavy atom. The van der Waals surface area contributed by atoms with Crippen molar-refractivity contribution in [2.75, 3.05) is 19.6 Å². The molecular formula is C24H23N3O2. The Labute approximate surface area is 168 Å². The number of β-amino-alcohol motifs (C(OH)–C–C–N with tert-alkyl or cyclic N) is 1. The molecule has 3 aromatic carbocycles. The lowest BCUT2D eigenvalue weighted by Crippen LogP contribution is -2.52. The molecule has 0 spiro atoms. The lowest BCUT2D eigenvalue weighted by Gasteiger charge is -2.40. The van der Waals surface area contributed by atoms with Gasteiger partial charge in [-0.15, -0.1) is 0 Å². The molecule has 1 fully saturated rings. The van der Waals surface area contributed by atoms with E-state index >= 15 is 0 Å². The van der Waals surface area contributed by atoms with Gasteiger partial charge >= 0.3 is 0 Å². The molecule has 0 radical (unpaired) electrons. The molecule has 1 aromatic heterocycles. The number of hydrogen-bond acceptors (Lipinski definition) is 4. The molecule has 1 aliphatic heterocycles. The number of hydrogen-bond donors (Lipinski definition) is 1. The van der Waals surface area contributed by atoms with Gasteiger partial charge in [-0.25, -0.2) is 4.98 Å². The summed E-state index contributed by atoms with van der Waals surface area (Å²) in [5.74, 6) is 0. The summed E-state index contributed by atoms with van der Waals surface area (Å²) in [7, 11) is 0. The molecule has 1 atom stereocenters. The van der Waals surface area contributed by atoms with Gasteiger partial charge in [0.15, 0.2) is 0 Å². The lowest BCUT2D eigenvalue weighted by atomic mass is 10.0. The van der Waals surface area contributed by atoms with E-state index in [-0.39, 0.29) is 11.6 Å². The van der Waals surface area contributed by atoms with E-state index in [0.29, 0.717) is 18.4 Å². The number of likely N-dealkylation sites (tertiary alicyclic amines) is 1. The first-order valence-electron chi connectivity index (χ1n) is 10.0. The summed E-state index contributed by atoms with van der Waals surface area (Å²) in [4.78, 5) is 19.3. The zero-order chi connectivity index (χ0) is 19.8. The molecule has 0 aliphatic carbocycles. The van der Waals surface area contributed by atoms with E-state index in [1.807, 2.05) is 36.4 Å². The SMILES string of the molecule is O=c1c2ccccc2ncn1C1CN(CC(O)Cc2ccc3ccccc3c2)C1. The molecule has 146 valence electrons. The van der Waals surface area contributed by atoms with Crippen molar-refractivity contribution in [3.05, 3.63) is 89.0 Å². The van der Waals surface area contributed by atoms with Gasteiger partial charge in [-0.3, -0.25) is 14.3 Å². The number of aliphatic hydroxyl groups excluding tert-OH is 1. The Morgan fingerprint density at radius 3 is 2.62 bits per heavy atom. The molecule has 1 saturated heterocycles. The summed E-state index contributed by atoms with van der Waals surface area (Å²) in [6.07, 6.45) is 1.85. The van der Waals surface area contributed by atoms with Crippen LogP contribution in [0.15, 0.2) is 77.9 Å². The highest BCUT2D eigenvalue weighted by Crippen LogP contribution is 2.22. The maximum atomic E-state index is 12.7. The van der Waals surface area contributed by atoms with E-state index < -0.39 is 6.10 Å². The molecule has 1 unspecified atom stereocenters. The van der Waals surface area contributed by atoms with E-state index in [1.165, 1.54) is 10.8 Å². The van der Waals surface area contributed by atoms with Crippen LogP contribution in [0.5, 0.6) is 0 Å². The van der Waals surface area contributed by atoms with Crippen LogP contribution in [0.1, 0.15) is 11.6 Å². The van der Waals surface area contributed by atoms with E-state index in [4.69, 9.17) is 0 Å². The van der Waals surface area contributed by atoms with Crippen LogP contribution < -0.4 is 5.56 Å². The Morgan fingerprint density at radius 2 is 1.76 bits per heavy atom. The molecular weight excluding hydrogens is 362 g/mol. The number of para-hydroxylation sites is 1. The normalized spacial score (nSPS) is 16.2. The first-order valence-corrected chi connectivity index (χ1v) is 10.0. The van der Waals surface area contributed by atoms with Crippen molar-refractivity contribution in [2.24, 2.45) is 0 Å². The molecule has 5 heteroatoms. The maximum absolute atomic E-state index is 12.7. The summed E-state index contributed by atoms with van der Waals surface area (Å²) in [6, 6.07) is 22.2. The zero-order valence-corrected chi connectivity index (χ0v) is 16.1. The van der Waals surface area contributed by atoms with Gasteiger partial charge in [0.25, 0.3) is 5.56 Å². The van der Waals surface area contributed by atoms with Crippen LogP contribution in [0, 0.1) is 0 Å². The minimum atomic E-state index is -0.427. The Kier molecular flexibility index (Phi) is 4.62. The molecule has 0 amide bonds. The minimum absolute atomic E-state index is 0.0111. The van der Waals surface area contributed by atoms with Crippen LogP contribution in [0.2, 0.25) is 0 Å². The number of aromatic nitrogens is 2. The molecule has 5 nitrogen and oxygen atoms in total. The van der Waals surface area contributed by atoms with Crippen LogP contribution in [0.25, 0.3) is 21.7 Å². The topological polar surface area (TPSA) is 58.4 Å². The van der Waals surface area contributed by atoms with Crippen molar-refractivity contribution in [3.8, 4) is 0 Å². The van der Waals surface area contributed by atoms with E-state index in [0.717, 1.165) is 24.2 Å². The predicted molar refractivity (Wildman–Crippen MR) is 115 cm³/mol. The van der Waals surface area contributed by atoms with Crippen LogP contribution in [-0.4, -0.2) is 45.3 Å². The molecule has 5 rings (SSSR count). The Balaban J connectivity index is 1.21. The first-order chi connectivity index (χ1) is 14.2. The molecule has 2 heterocycles. The third-order valence-corrected chi connectivity index (χ3v) is 5.78. The van der Waals surface area contributed by atoms with Crippen LogP contribution >= 0.6 is 0 Å². The second-order valence-electron chi connectivity index (χ2n) is 7.89. The van der Waals surface area contributed by atoms with Gasteiger partial charge < -0.3 is 5.11 Å². The largest absolute Gasteiger partial charge is 0.391 e. The highest BCUT2D eigenvalue weighted by molar-refractivity contribution is 5.83. The third-order valence-electron chi connectivity index (χ3n) is 5.78. The number of rotatable bonds is 5. The quantitative estimate of drug-likeness (QED) is 0.574. The fraction of sp³-hybridized carbons (Fsp3) is 0.250. The highest BCUT2D eigenvalue weighted by Gasteiger charge is 2.30. The van der Waals surface area contributed by atoms with Gasteiger partial charge in [0, 0.05) is 19.6 Å². The van der Waals surface area contributed by atoms with Crippen molar-refractivity contribution >= 4 is 21.7 Å². The van der Waals surface area contributed by atoms with Gasteiger partial charge in [0.1, 0.15) is 0 Å². The van der Waals surface area contributed by atoms with E-state index in [2.05, 4.69) is 40.2 Å². The minimum Gasteiger partial charge on any atom is -0.391 e. The molecule has 1 aliphatic rings. The van der Waals surface area contributed by atoms with Crippen LogP contribution in [0.4, 0.5) is 0 Å². The van der Waals surface area contributed by atoms with Crippen molar-refractivity contribution in [1.29, 1.82) is 0 Å². The summed E-state index contributed by atoms with van der Waals surface area (Å²) >= 11 is 0. The van der Waals surface area contributed by atoms with Crippen molar-refractivity contribution < 1.29 is 5.11 Å². The second-order valence-corrected chi connectivity index (χ2v) is 7.89. The smallest absolute Gasteiger partial charge is 0.261 e. The van der Waals surface area contributed by atoms with Gasteiger partial charge in [-0.1, -0.05) is 54.6 Å². The molecule has 1 N–H and O–H groups in total. The molecule has 0 bridgehead atoms. The highest BCUT2D eigenvalue weighted by atomic mass is 16.3. The second kappa shape index (κ2) is 7.43. The van der Waals surface area contributed by atoms with Gasteiger partial charge in [0.2, 0.25) is 0 Å². The Hall–Kier alpha value is -3.02. The standard InChI is InChI=1S/C24H23N3O2/c28-21(12-17-9-10-18-5-1-2-6-19(18)11-17)15-26-13-20(14-26)27-16-25-23-8-4-3-7-22(23)24(27)29/h1-11,16,20-21,28H,12-15H2. The summed E-state index contributed by atoms with van der Waals surface area (Å²) < 4.78 is 1.73. The number of benzene rings is 3. The van der Waals surface area contributed by atoms with Crippen molar-refractivity contribution in [2.45, 2.75) is 18.6 Å². The summed E-state index contributed by atoms with van der Waals surface area (Å²) in [5.41, 5.74) is 1.89. The summed E-state index contributed by atoms with van der Waals surface area (Å²) in [6.45, 7) is 2.13. The number of nitrogens with zero attached hydrogens (tertiary/aromatic N) is 3. The Bertz CT molecular complexity index is 1230. The zero-order valence-electron chi connectivity index (χ0n) is 16.1.